The van der Waals surface area contributed by atoms with E-state index in [-0.39, 0.29) is 5.66 Å². The standard InChI is InChI=1S/C21H22ClN3/c22-18-12-8-16(9-13-18)20-23-24-21(14-15-6-10-17(21)11-7-15)25(20)19-4-2-1-3-5-19/h1-5,8-9,12-13,15,17,24H,6-7,10-11,14H2/t15?,17?,21-/m0/s1. The molecule has 4 heteroatoms. The molecule has 25 heavy (non-hydrogen) atoms. The largest absolute Gasteiger partial charge is 0.299 e. The van der Waals surface area contributed by atoms with E-state index in [0.717, 1.165) is 22.3 Å². The molecule has 0 saturated heterocycles. The zero-order valence-electron chi connectivity index (χ0n) is 14.2. The Balaban J connectivity index is 1.61. The van der Waals surface area contributed by atoms with Crippen LogP contribution in [0.15, 0.2) is 59.7 Å². The molecule has 1 atom stereocenters. The van der Waals surface area contributed by atoms with Gasteiger partial charge in [0, 0.05) is 22.2 Å². The lowest BCUT2D eigenvalue weighted by molar-refractivity contribution is 0.0553. The molecule has 2 aromatic rings. The second-order valence-corrected chi connectivity index (χ2v) is 8.01. The fourth-order valence-electron chi connectivity index (χ4n) is 5.02. The molecule has 1 aliphatic heterocycles. The maximum atomic E-state index is 6.10. The van der Waals surface area contributed by atoms with E-state index in [1.165, 1.54) is 37.8 Å². The minimum absolute atomic E-state index is 0.0719. The van der Waals surface area contributed by atoms with Crippen molar-refractivity contribution < 1.29 is 0 Å². The lowest BCUT2D eigenvalue weighted by Gasteiger charge is -2.53. The Hall–Kier alpha value is -2.00. The lowest BCUT2D eigenvalue weighted by Crippen LogP contribution is -2.64. The minimum atomic E-state index is -0.0719. The first-order valence-electron chi connectivity index (χ1n) is 9.22. The Labute approximate surface area is 153 Å². The Morgan fingerprint density at radius 3 is 2.32 bits per heavy atom. The van der Waals surface area contributed by atoms with E-state index in [0.29, 0.717) is 5.92 Å². The van der Waals surface area contributed by atoms with E-state index < -0.39 is 0 Å². The maximum absolute atomic E-state index is 6.10. The molecule has 2 bridgehead atoms. The molecular formula is C21H22ClN3. The van der Waals surface area contributed by atoms with Gasteiger partial charge in [0.25, 0.3) is 0 Å². The molecule has 3 aliphatic carbocycles. The highest BCUT2D eigenvalue weighted by Gasteiger charge is 2.55. The molecule has 2 aromatic carbocycles. The van der Waals surface area contributed by atoms with Crippen molar-refractivity contribution in [2.45, 2.75) is 37.8 Å². The van der Waals surface area contributed by atoms with Crippen molar-refractivity contribution >= 4 is 23.1 Å². The van der Waals surface area contributed by atoms with Crippen LogP contribution in [-0.4, -0.2) is 11.5 Å². The molecule has 4 aliphatic rings. The van der Waals surface area contributed by atoms with Gasteiger partial charge in [-0.25, -0.2) is 0 Å². The van der Waals surface area contributed by atoms with Gasteiger partial charge in [-0.3, -0.25) is 10.3 Å². The minimum Gasteiger partial charge on any atom is -0.299 e. The third kappa shape index (κ3) is 2.36. The zero-order chi connectivity index (χ0) is 16.9. The molecule has 3 fully saturated rings. The summed E-state index contributed by atoms with van der Waals surface area (Å²) in [6.45, 7) is 0. The second-order valence-electron chi connectivity index (χ2n) is 7.57. The summed E-state index contributed by atoms with van der Waals surface area (Å²) in [4.78, 5) is 2.46. The van der Waals surface area contributed by atoms with Crippen LogP contribution < -0.4 is 10.3 Å². The van der Waals surface area contributed by atoms with Crippen LogP contribution in [0.3, 0.4) is 0 Å². The number of amidine groups is 1. The monoisotopic (exact) mass is 351 g/mol. The predicted octanol–water partition coefficient (Wildman–Crippen LogP) is 5.02. The number of nitrogens with zero attached hydrogens (tertiary/aromatic N) is 2. The lowest BCUT2D eigenvalue weighted by atomic mass is 9.63. The molecule has 6 rings (SSSR count). The highest BCUT2D eigenvalue weighted by Crippen LogP contribution is 2.51. The van der Waals surface area contributed by atoms with Gasteiger partial charge in [0.1, 0.15) is 5.66 Å². The van der Waals surface area contributed by atoms with Crippen LogP contribution in [-0.2, 0) is 0 Å². The molecule has 1 spiro atoms. The fourth-order valence-corrected chi connectivity index (χ4v) is 5.15. The number of anilines is 1. The average Bonchev–Trinajstić information content (AvgIpc) is 3.02. The third-order valence-electron chi connectivity index (χ3n) is 6.21. The topological polar surface area (TPSA) is 27.6 Å². The van der Waals surface area contributed by atoms with Gasteiger partial charge < -0.3 is 0 Å². The molecule has 0 unspecified atom stereocenters. The van der Waals surface area contributed by atoms with Gasteiger partial charge in [-0.2, -0.15) is 5.10 Å². The number of nitrogens with one attached hydrogen (secondary N) is 1. The van der Waals surface area contributed by atoms with Crippen molar-refractivity contribution in [3.05, 3.63) is 65.2 Å². The van der Waals surface area contributed by atoms with E-state index in [9.17, 15) is 0 Å². The number of fused-ring (bicyclic) bond motifs is 2. The molecule has 0 aromatic heterocycles. The summed E-state index contributed by atoms with van der Waals surface area (Å²) in [7, 11) is 0. The van der Waals surface area contributed by atoms with Crippen LogP contribution in [0.5, 0.6) is 0 Å². The Morgan fingerprint density at radius 2 is 1.68 bits per heavy atom. The molecule has 0 amide bonds. The van der Waals surface area contributed by atoms with Crippen LogP contribution >= 0.6 is 11.6 Å². The number of benzene rings is 2. The molecule has 128 valence electrons. The summed E-state index contributed by atoms with van der Waals surface area (Å²) in [5, 5.41) is 5.60. The average molecular weight is 352 g/mol. The van der Waals surface area contributed by atoms with Crippen LogP contribution in [0.4, 0.5) is 5.69 Å². The highest BCUT2D eigenvalue weighted by atomic mass is 35.5. The zero-order valence-corrected chi connectivity index (χ0v) is 14.9. The quantitative estimate of drug-likeness (QED) is 0.822. The molecular weight excluding hydrogens is 330 g/mol. The summed E-state index contributed by atoms with van der Waals surface area (Å²) in [6, 6.07) is 18.7. The Kier molecular flexibility index (Phi) is 3.53. The van der Waals surface area contributed by atoms with E-state index >= 15 is 0 Å². The second kappa shape index (κ2) is 5.77. The summed E-state index contributed by atoms with van der Waals surface area (Å²) in [6.07, 6.45) is 6.50. The van der Waals surface area contributed by atoms with Crippen molar-refractivity contribution in [3.8, 4) is 0 Å². The van der Waals surface area contributed by atoms with E-state index in [1.807, 2.05) is 12.1 Å². The SMILES string of the molecule is Clc1ccc(C2=NN[C@@]3(CC4CCC3CC4)N2c2ccccc2)cc1. The van der Waals surface area contributed by atoms with E-state index in [1.54, 1.807) is 0 Å². The first-order chi connectivity index (χ1) is 12.3. The summed E-state index contributed by atoms with van der Waals surface area (Å²) < 4.78 is 0. The van der Waals surface area contributed by atoms with Gasteiger partial charge in [0.05, 0.1) is 0 Å². The van der Waals surface area contributed by atoms with Gasteiger partial charge in [-0.1, -0.05) is 29.8 Å². The smallest absolute Gasteiger partial charge is 0.162 e. The first-order valence-corrected chi connectivity index (χ1v) is 9.60. The normalized spacial score (nSPS) is 30.4. The van der Waals surface area contributed by atoms with Crippen molar-refractivity contribution in [3.63, 3.8) is 0 Å². The van der Waals surface area contributed by atoms with Crippen LogP contribution in [0, 0.1) is 11.8 Å². The van der Waals surface area contributed by atoms with Crippen molar-refractivity contribution in [2.24, 2.45) is 16.9 Å². The number of hydrogen-bond donors (Lipinski definition) is 1. The summed E-state index contributed by atoms with van der Waals surface area (Å²) in [5.74, 6) is 2.46. The van der Waals surface area contributed by atoms with Gasteiger partial charge in [-0.15, -0.1) is 0 Å². The number of hydrazone groups is 1. The fraction of sp³-hybridized carbons (Fsp3) is 0.381. The molecule has 1 heterocycles. The Morgan fingerprint density at radius 1 is 0.960 bits per heavy atom. The first kappa shape index (κ1) is 15.3. The number of hydrogen-bond acceptors (Lipinski definition) is 3. The predicted molar refractivity (Wildman–Crippen MR) is 103 cm³/mol. The number of rotatable bonds is 2. The van der Waals surface area contributed by atoms with E-state index in [2.05, 4.69) is 52.8 Å². The van der Waals surface area contributed by atoms with Crippen LogP contribution in [0.25, 0.3) is 0 Å². The molecule has 1 N–H and O–H groups in total. The van der Waals surface area contributed by atoms with Gasteiger partial charge in [0.15, 0.2) is 5.84 Å². The molecule has 0 radical (unpaired) electrons. The number of halogens is 1. The number of para-hydroxylation sites is 1. The van der Waals surface area contributed by atoms with Crippen molar-refractivity contribution in [2.75, 3.05) is 4.90 Å². The Bertz CT molecular complexity index is 794. The van der Waals surface area contributed by atoms with Gasteiger partial charge >= 0.3 is 0 Å². The van der Waals surface area contributed by atoms with E-state index in [4.69, 9.17) is 16.7 Å². The third-order valence-corrected chi connectivity index (χ3v) is 6.46. The van der Waals surface area contributed by atoms with Crippen molar-refractivity contribution in [1.82, 2.24) is 5.43 Å². The van der Waals surface area contributed by atoms with Crippen LogP contribution in [0.1, 0.15) is 37.7 Å². The van der Waals surface area contributed by atoms with Crippen molar-refractivity contribution in [1.29, 1.82) is 0 Å². The summed E-state index contributed by atoms with van der Waals surface area (Å²) >= 11 is 6.10. The van der Waals surface area contributed by atoms with Crippen LogP contribution in [0.2, 0.25) is 5.02 Å². The van der Waals surface area contributed by atoms with Gasteiger partial charge in [0.2, 0.25) is 0 Å². The highest BCUT2D eigenvalue weighted by molar-refractivity contribution is 6.30. The molecule has 3 nitrogen and oxygen atoms in total. The molecule has 3 saturated carbocycles. The maximum Gasteiger partial charge on any atom is 0.162 e. The summed E-state index contributed by atoms with van der Waals surface area (Å²) in [5.41, 5.74) is 5.85. The van der Waals surface area contributed by atoms with Gasteiger partial charge in [-0.05, 0) is 74.4 Å².